The summed E-state index contributed by atoms with van der Waals surface area (Å²) in [6.45, 7) is 1.92. The zero-order chi connectivity index (χ0) is 14.2. The van der Waals surface area contributed by atoms with Gasteiger partial charge in [-0.3, -0.25) is 9.59 Å². The Morgan fingerprint density at radius 3 is 2.16 bits per heavy atom. The fourth-order valence-electron chi connectivity index (χ4n) is 1.13. The Morgan fingerprint density at radius 2 is 1.74 bits per heavy atom. The number of hydrogen-bond donors (Lipinski definition) is 2. The summed E-state index contributed by atoms with van der Waals surface area (Å²) in [6.07, 6.45) is -0.901. The van der Waals surface area contributed by atoms with Gasteiger partial charge in [-0.05, 0) is 6.42 Å². The predicted octanol–water partition coefficient (Wildman–Crippen LogP) is -1.61. The van der Waals surface area contributed by atoms with Crippen molar-refractivity contribution in [3.05, 3.63) is 0 Å². The topological polar surface area (TPSA) is 125 Å². The molecule has 106 valence electrons. The molecule has 0 aromatic heterocycles. The van der Waals surface area contributed by atoms with Gasteiger partial charge in [0.05, 0.1) is 26.6 Å². The van der Waals surface area contributed by atoms with Crippen molar-refractivity contribution in [3.8, 4) is 0 Å². The average Bonchev–Trinajstić information content (AvgIpc) is 2.34. The molecule has 0 spiro atoms. The van der Waals surface area contributed by atoms with Gasteiger partial charge < -0.3 is 19.4 Å². The van der Waals surface area contributed by atoms with Gasteiger partial charge in [-0.1, -0.05) is 6.92 Å². The molecule has 3 N–H and O–H groups in total. The van der Waals surface area contributed by atoms with Crippen molar-refractivity contribution in [2.45, 2.75) is 31.8 Å². The van der Waals surface area contributed by atoms with E-state index >= 15 is 0 Å². The second-order valence-electron chi connectivity index (χ2n) is 3.59. The molecule has 9 heteroatoms. The summed E-state index contributed by atoms with van der Waals surface area (Å²) >= 11 is 0. The number of methoxy groups -OCH3 is 1. The molecule has 0 saturated heterocycles. The number of ether oxygens (including phenoxy) is 2. The van der Waals surface area contributed by atoms with E-state index in [4.69, 9.17) is 4.74 Å². The van der Waals surface area contributed by atoms with Crippen LogP contribution in [-0.4, -0.2) is 71.9 Å². The molecule has 0 aromatic rings. The molecule has 19 heavy (non-hydrogen) atoms. The van der Waals surface area contributed by atoms with Gasteiger partial charge in [-0.2, -0.15) is 5.90 Å². The van der Waals surface area contributed by atoms with Crippen molar-refractivity contribution in [1.29, 1.82) is 0 Å². The number of rotatable bonds is 7. The van der Waals surface area contributed by atoms with Crippen LogP contribution in [0.1, 0.15) is 26.2 Å². The number of aliphatic hydroxyl groups is 1. The summed E-state index contributed by atoms with van der Waals surface area (Å²) in [5.41, 5.74) is -2.38. The van der Waals surface area contributed by atoms with Gasteiger partial charge in [0, 0.05) is 0 Å². The monoisotopic (exact) mass is 287 g/mol. The van der Waals surface area contributed by atoms with Crippen LogP contribution in [0.4, 0.5) is 0 Å². The van der Waals surface area contributed by atoms with Crippen LogP contribution in [0.5, 0.6) is 0 Å². The molecule has 0 saturated carbocycles. The molecular formula is C10H18NNaO7. The van der Waals surface area contributed by atoms with E-state index in [0.29, 0.717) is 6.42 Å². The van der Waals surface area contributed by atoms with E-state index in [9.17, 15) is 19.5 Å². The van der Waals surface area contributed by atoms with Gasteiger partial charge >= 0.3 is 47.5 Å². The second kappa shape index (κ2) is 10.2. The van der Waals surface area contributed by atoms with E-state index in [1.807, 2.05) is 0 Å². The number of carbonyl (C=O) groups is 3. The first kappa shape index (κ1) is 20.6. The van der Waals surface area contributed by atoms with Crippen LogP contribution >= 0.6 is 0 Å². The molecule has 8 nitrogen and oxygen atoms in total. The van der Waals surface area contributed by atoms with E-state index < -0.39 is 36.4 Å². The standard InChI is InChI=1S/C10H17NO7.Na.H/c1-3-4-17-8(13)6-10(15,9(14)18-11)5-7(12)16-2;;/h15H,3-6,11H2,1-2H3;;. The van der Waals surface area contributed by atoms with Crippen molar-refractivity contribution in [1.82, 2.24) is 0 Å². The summed E-state index contributed by atoms with van der Waals surface area (Å²) in [7, 11) is 1.08. The molecule has 0 aliphatic heterocycles. The first-order valence-corrected chi connectivity index (χ1v) is 5.25. The Kier molecular flexibility index (Phi) is 11.0. The van der Waals surface area contributed by atoms with E-state index in [1.54, 1.807) is 6.92 Å². The molecule has 1 atom stereocenters. The van der Waals surface area contributed by atoms with Crippen molar-refractivity contribution in [3.63, 3.8) is 0 Å². The van der Waals surface area contributed by atoms with Gasteiger partial charge in [0.15, 0.2) is 5.60 Å². The summed E-state index contributed by atoms with van der Waals surface area (Å²) in [5, 5.41) is 9.89. The molecule has 0 bridgehead atoms. The van der Waals surface area contributed by atoms with Gasteiger partial charge in [0.2, 0.25) is 0 Å². The van der Waals surface area contributed by atoms with Crippen LogP contribution in [0.2, 0.25) is 0 Å². The number of nitrogens with two attached hydrogens (primary N) is 1. The average molecular weight is 287 g/mol. The van der Waals surface area contributed by atoms with E-state index in [2.05, 4.69) is 15.5 Å². The normalized spacial score (nSPS) is 12.6. The molecule has 0 heterocycles. The fourth-order valence-corrected chi connectivity index (χ4v) is 1.13. The van der Waals surface area contributed by atoms with Crippen LogP contribution in [-0.2, 0) is 28.7 Å². The van der Waals surface area contributed by atoms with Crippen LogP contribution < -0.4 is 5.90 Å². The molecule has 0 aliphatic rings. The molecule has 1 unspecified atom stereocenters. The van der Waals surface area contributed by atoms with Gasteiger partial charge in [0.1, 0.15) is 0 Å². The third-order valence-electron chi connectivity index (χ3n) is 2.06. The number of esters is 2. The van der Waals surface area contributed by atoms with Crippen LogP contribution in [0, 0.1) is 0 Å². The number of carbonyl (C=O) groups excluding carboxylic acids is 3. The quantitative estimate of drug-likeness (QED) is 0.325. The third-order valence-corrected chi connectivity index (χ3v) is 2.06. The first-order valence-electron chi connectivity index (χ1n) is 5.25. The Morgan fingerprint density at radius 1 is 1.21 bits per heavy atom. The van der Waals surface area contributed by atoms with E-state index in [1.165, 1.54) is 0 Å². The van der Waals surface area contributed by atoms with E-state index in [-0.39, 0.29) is 36.2 Å². The van der Waals surface area contributed by atoms with Crippen LogP contribution in [0.15, 0.2) is 0 Å². The summed E-state index contributed by atoms with van der Waals surface area (Å²) in [5.74, 6) is 1.61. The minimum atomic E-state index is -2.38. The second-order valence-corrected chi connectivity index (χ2v) is 3.59. The first-order chi connectivity index (χ1) is 8.39. The molecule has 0 fully saturated rings. The summed E-state index contributed by atoms with van der Waals surface area (Å²) < 4.78 is 9.00. The fraction of sp³-hybridized carbons (Fsp3) is 0.700. The number of hydrogen-bond acceptors (Lipinski definition) is 8. The molecule has 0 rings (SSSR count). The SMILES string of the molecule is CCCOC(=O)CC(O)(CC(=O)OC)C(=O)ON.[NaH]. The van der Waals surface area contributed by atoms with Crippen molar-refractivity contribution >= 4 is 47.5 Å². The maximum absolute atomic E-state index is 11.3. The predicted molar refractivity (Wildman–Crippen MR) is 64.9 cm³/mol. The van der Waals surface area contributed by atoms with Gasteiger partial charge in [-0.25, -0.2) is 4.79 Å². The molecular weight excluding hydrogens is 269 g/mol. The van der Waals surface area contributed by atoms with E-state index in [0.717, 1.165) is 7.11 Å². The van der Waals surface area contributed by atoms with Gasteiger partial charge in [-0.15, -0.1) is 0 Å². The van der Waals surface area contributed by atoms with Crippen molar-refractivity contribution in [2.75, 3.05) is 13.7 Å². The van der Waals surface area contributed by atoms with Crippen molar-refractivity contribution in [2.24, 2.45) is 5.90 Å². The van der Waals surface area contributed by atoms with Crippen molar-refractivity contribution < 1.29 is 33.8 Å². The minimum absolute atomic E-state index is 0. The van der Waals surface area contributed by atoms with Gasteiger partial charge in [0.25, 0.3) is 0 Å². The van der Waals surface area contributed by atoms with Crippen LogP contribution in [0.25, 0.3) is 0 Å². The molecule has 0 amide bonds. The zero-order valence-electron chi connectivity index (χ0n) is 10.3. The van der Waals surface area contributed by atoms with Crippen LogP contribution in [0.3, 0.4) is 0 Å². The Balaban J connectivity index is 0. The summed E-state index contributed by atoms with van der Waals surface area (Å²) in [4.78, 5) is 37.5. The Bertz CT molecular complexity index is 323. The third kappa shape index (κ3) is 7.48. The molecule has 0 aliphatic carbocycles. The maximum atomic E-state index is 11.3. The Hall–Kier alpha value is -0.670. The summed E-state index contributed by atoms with van der Waals surface area (Å²) in [6, 6.07) is 0. The molecule has 0 aromatic carbocycles. The molecule has 0 radical (unpaired) electrons. The Labute approximate surface area is 132 Å². The zero-order valence-corrected chi connectivity index (χ0v) is 10.3.